The molecule has 0 spiro atoms. The summed E-state index contributed by atoms with van der Waals surface area (Å²) in [6, 6.07) is 63.9. The number of rotatable bonds is 7. The number of nitrogens with zero attached hydrogens (tertiary/aromatic N) is 4. The minimum absolute atomic E-state index is 0.671. The molecular formula is C50H34N4. The standard InChI is InChI=1S/C50H34N4/c1-4-14-37(15-5-1)44-34-45(38-16-6-2-7-17-38)52-50(51-44)29-26-35-24-27-47-42(32-35)40-20-10-12-22-46(40)53(47)31-30-36-25-28-49-43(33-36)41-21-11-13-23-48(41)54(49)39-18-8-3-9-19-39/h1-34H. The first-order valence-electron chi connectivity index (χ1n) is 18.2. The lowest BCUT2D eigenvalue weighted by atomic mass is 10.1. The Morgan fingerprint density at radius 3 is 1.52 bits per heavy atom. The highest BCUT2D eigenvalue weighted by molar-refractivity contribution is 6.11. The topological polar surface area (TPSA) is 35.6 Å². The molecule has 254 valence electrons. The molecule has 0 saturated carbocycles. The Balaban J connectivity index is 1.02. The summed E-state index contributed by atoms with van der Waals surface area (Å²) in [7, 11) is 0. The van der Waals surface area contributed by atoms with Crippen molar-refractivity contribution in [2.75, 3.05) is 0 Å². The molecule has 0 atom stereocenters. The van der Waals surface area contributed by atoms with Crippen molar-refractivity contribution in [3.63, 3.8) is 0 Å². The molecule has 0 aliphatic heterocycles. The van der Waals surface area contributed by atoms with Gasteiger partial charge in [-0.25, -0.2) is 9.97 Å². The van der Waals surface area contributed by atoms with Crippen molar-refractivity contribution in [1.29, 1.82) is 0 Å². The molecule has 54 heavy (non-hydrogen) atoms. The number of para-hydroxylation sites is 3. The number of benzene rings is 7. The maximum atomic E-state index is 4.95. The third kappa shape index (κ3) is 5.67. The van der Waals surface area contributed by atoms with E-state index < -0.39 is 0 Å². The van der Waals surface area contributed by atoms with Gasteiger partial charge in [-0.2, -0.15) is 0 Å². The highest BCUT2D eigenvalue weighted by Gasteiger charge is 2.13. The third-order valence-corrected chi connectivity index (χ3v) is 10.2. The van der Waals surface area contributed by atoms with E-state index in [2.05, 4.69) is 173 Å². The maximum absolute atomic E-state index is 4.95. The summed E-state index contributed by atoms with van der Waals surface area (Å²) in [6.45, 7) is 0. The van der Waals surface area contributed by atoms with Gasteiger partial charge in [-0.15, -0.1) is 0 Å². The van der Waals surface area contributed by atoms with Crippen molar-refractivity contribution in [3.05, 3.63) is 199 Å². The van der Waals surface area contributed by atoms with E-state index in [-0.39, 0.29) is 0 Å². The molecule has 0 saturated heterocycles. The zero-order valence-electron chi connectivity index (χ0n) is 29.4. The van der Waals surface area contributed by atoms with Gasteiger partial charge < -0.3 is 9.13 Å². The van der Waals surface area contributed by atoms with Gasteiger partial charge in [0.1, 0.15) is 0 Å². The van der Waals surface area contributed by atoms with Crippen LogP contribution in [0.5, 0.6) is 0 Å². The smallest absolute Gasteiger partial charge is 0.153 e. The quantitative estimate of drug-likeness (QED) is 0.167. The zero-order valence-corrected chi connectivity index (χ0v) is 29.4. The summed E-state index contributed by atoms with van der Waals surface area (Å²) in [5.41, 5.74) is 12.0. The summed E-state index contributed by atoms with van der Waals surface area (Å²) in [5, 5.41) is 4.90. The van der Waals surface area contributed by atoms with Crippen LogP contribution in [0, 0.1) is 0 Å². The first kappa shape index (κ1) is 31.4. The second kappa shape index (κ2) is 13.4. The Bertz CT molecular complexity index is 2970. The Morgan fingerprint density at radius 1 is 0.370 bits per heavy atom. The predicted molar refractivity (Wildman–Crippen MR) is 227 cm³/mol. The second-order valence-corrected chi connectivity index (χ2v) is 13.5. The number of hydrogen-bond acceptors (Lipinski definition) is 2. The molecule has 4 nitrogen and oxygen atoms in total. The summed E-state index contributed by atoms with van der Waals surface area (Å²) < 4.78 is 4.65. The molecule has 0 aliphatic rings. The van der Waals surface area contributed by atoms with Gasteiger partial charge in [0.25, 0.3) is 0 Å². The number of hydrogen-bond donors (Lipinski definition) is 0. The van der Waals surface area contributed by atoms with Crippen LogP contribution < -0.4 is 0 Å². The largest absolute Gasteiger partial charge is 0.316 e. The van der Waals surface area contributed by atoms with Gasteiger partial charge >= 0.3 is 0 Å². The predicted octanol–water partition coefficient (Wildman–Crippen LogP) is 12.8. The lowest BCUT2D eigenvalue weighted by molar-refractivity contribution is 1.14. The maximum Gasteiger partial charge on any atom is 0.153 e. The molecule has 0 N–H and O–H groups in total. The fourth-order valence-corrected chi connectivity index (χ4v) is 7.62. The normalized spacial score (nSPS) is 11.9. The van der Waals surface area contributed by atoms with E-state index in [0.29, 0.717) is 5.82 Å². The van der Waals surface area contributed by atoms with E-state index in [1.165, 1.54) is 32.6 Å². The molecule has 0 bridgehead atoms. The van der Waals surface area contributed by atoms with Gasteiger partial charge in [-0.1, -0.05) is 133 Å². The molecule has 3 heterocycles. The van der Waals surface area contributed by atoms with Crippen LogP contribution in [0.3, 0.4) is 0 Å². The summed E-state index contributed by atoms with van der Waals surface area (Å²) in [5.74, 6) is 0.671. The first-order valence-corrected chi connectivity index (χ1v) is 18.2. The van der Waals surface area contributed by atoms with E-state index in [0.717, 1.165) is 50.4 Å². The van der Waals surface area contributed by atoms with Crippen LogP contribution in [0.15, 0.2) is 182 Å². The Morgan fingerprint density at radius 2 is 0.852 bits per heavy atom. The van der Waals surface area contributed by atoms with Gasteiger partial charge in [-0.3, -0.25) is 0 Å². The van der Waals surface area contributed by atoms with Crippen LogP contribution in [-0.4, -0.2) is 19.1 Å². The third-order valence-electron chi connectivity index (χ3n) is 10.2. The Labute approximate surface area is 313 Å². The molecule has 10 aromatic rings. The zero-order chi connectivity index (χ0) is 35.8. The minimum Gasteiger partial charge on any atom is -0.316 e. The second-order valence-electron chi connectivity index (χ2n) is 13.5. The van der Waals surface area contributed by atoms with Crippen molar-refractivity contribution in [1.82, 2.24) is 19.1 Å². The lowest BCUT2D eigenvalue weighted by Crippen LogP contribution is -1.95. The van der Waals surface area contributed by atoms with Crippen LogP contribution in [0.4, 0.5) is 0 Å². The van der Waals surface area contributed by atoms with Crippen molar-refractivity contribution in [2.45, 2.75) is 0 Å². The SMILES string of the molecule is C(=Cc1nc(-c2ccccc2)cc(-c2ccccc2)n1)c1ccc2c(c1)c1ccccc1n2C=Cc1ccc2c(c1)c1ccccc1n2-c1ccccc1. The number of fused-ring (bicyclic) bond motifs is 6. The van der Waals surface area contributed by atoms with Crippen LogP contribution in [0.25, 0.3) is 96.2 Å². The van der Waals surface area contributed by atoms with Gasteiger partial charge in [-0.05, 0) is 77.9 Å². The van der Waals surface area contributed by atoms with E-state index in [1.54, 1.807) is 0 Å². The lowest BCUT2D eigenvalue weighted by Gasteiger charge is -2.07. The Hall–Kier alpha value is -7.30. The van der Waals surface area contributed by atoms with Gasteiger partial charge in [0.05, 0.1) is 33.5 Å². The molecule has 3 aromatic heterocycles. The minimum atomic E-state index is 0.671. The molecule has 0 amide bonds. The van der Waals surface area contributed by atoms with Crippen molar-refractivity contribution in [2.24, 2.45) is 0 Å². The molecule has 0 aliphatic carbocycles. The van der Waals surface area contributed by atoms with Gasteiger partial charge in [0.2, 0.25) is 0 Å². The van der Waals surface area contributed by atoms with Crippen LogP contribution in [0.2, 0.25) is 0 Å². The van der Waals surface area contributed by atoms with E-state index in [9.17, 15) is 0 Å². The van der Waals surface area contributed by atoms with Gasteiger partial charge in [0, 0.05) is 44.6 Å². The van der Waals surface area contributed by atoms with Crippen LogP contribution in [-0.2, 0) is 0 Å². The summed E-state index contributed by atoms with van der Waals surface area (Å²) >= 11 is 0. The average molecular weight is 691 g/mol. The van der Waals surface area contributed by atoms with Crippen molar-refractivity contribution in [3.8, 4) is 28.2 Å². The fraction of sp³-hybridized carbons (Fsp3) is 0. The molecule has 4 heteroatoms. The number of aromatic nitrogens is 4. The monoisotopic (exact) mass is 690 g/mol. The Kier molecular flexibility index (Phi) is 7.77. The van der Waals surface area contributed by atoms with Crippen LogP contribution >= 0.6 is 0 Å². The van der Waals surface area contributed by atoms with E-state index >= 15 is 0 Å². The molecule has 0 fully saturated rings. The molecule has 7 aromatic carbocycles. The van der Waals surface area contributed by atoms with Gasteiger partial charge in [0.15, 0.2) is 5.82 Å². The van der Waals surface area contributed by atoms with Crippen molar-refractivity contribution >= 4 is 68.0 Å². The highest BCUT2D eigenvalue weighted by Crippen LogP contribution is 2.34. The average Bonchev–Trinajstić information content (AvgIpc) is 3.75. The summed E-state index contributed by atoms with van der Waals surface area (Å²) in [6.07, 6.45) is 8.55. The summed E-state index contributed by atoms with van der Waals surface area (Å²) in [4.78, 5) is 9.91. The van der Waals surface area contributed by atoms with Crippen molar-refractivity contribution < 1.29 is 0 Å². The molecule has 0 radical (unpaired) electrons. The van der Waals surface area contributed by atoms with Crippen LogP contribution in [0.1, 0.15) is 17.0 Å². The van der Waals surface area contributed by atoms with E-state index in [4.69, 9.17) is 9.97 Å². The van der Waals surface area contributed by atoms with E-state index in [1.807, 2.05) is 42.5 Å². The first-order chi connectivity index (χ1) is 26.8. The highest BCUT2D eigenvalue weighted by atomic mass is 15.0. The molecular weight excluding hydrogens is 657 g/mol. The fourth-order valence-electron chi connectivity index (χ4n) is 7.62. The molecule has 0 unspecified atom stereocenters. The molecule has 10 rings (SSSR count).